The lowest BCUT2D eigenvalue weighted by molar-refractivity contribution is 0.0327. The molecule has 17 heavy (non-hydrogen) atoms. The Morgan fingerprint density at radius 3 is 2.82 bits per heavy atom. The van der Waals surface area contributed by atoms with Gasteiger partial charge < -0.3 is 10.1 Å². The highest BCUT2D eigenvalue weighted by Crippen LogP contribution is 2.36. The third-order valence-electron chi connectivity index (χ3n) is 3.24. The van der Waals surface area contributed by atoms with Crippen LogP contribution in [0.5, 0.6) is 0 Å². The number of aryl methyl sites for hydroxylation is 1. The Labute approximate surface area is 112 Å². The van der Waals surface area contributed by atoms with Crippen LogP contribution in [0.15, 0.2) is 6.07 Å². The van der Waals surface area contributed by atoms with Gasteiger partial charge in [-0.2, -0.15) is 0 Å². The van der Waals surface area contributed by atoms with E-state index in [0.717, 1.165) is 23.7 Å². The summed E-state index contributed by atoms with van der Waals surface area (Å²) in [6.07, 6.45) is 2.97. The van der Waals surface area contributed by atoms with Gasteiger partial charge in [0.15, 0.2) is 0 Å². The molecule has 2 heterocycles. The fourth-order valence-corrected chi connectivity index (χ4v) is 3.70. The fourth-order valence-electron chi connectivity index (χ4n) is 2.35. The minimum absolute atomic E-state index is 0.291. The predicted octanol–water partition coefficient (Wildman–Crippen LogP) is 3.93. The molecule has 1 N–H and O–H groups in total. The van der Waals surface area contributed by atoms with Gasteiger partial charge >= 0.3 is 0 Å². The van der Waals surface area contributed by atoms with E-state index in [9.17, 15) is 0 Å². The van der Waals surface area contributed by atoms with Crippen LogP contribution in [-0.2, 0) is 4.74 Å². The Balaban J connectivity index is 2.16. The number of hydrogen-bond donors (Lipinski definition) is 1. The zero-order chi connectivity index (χ0) is 12.4. The quantitative estimate of drug-likeness (QED) is 0.898. The number of halogens is 1. The zero-order valence-corrected chi connectivity index (χ0v) is 12.2. The lowest BCUT2D eigenvalue weighted by Gasteiger charge is -2.23. The van der Waals surface area contributed by atoms with Crippen molar-refractivity contribution in [3.05, 3.63) is 20.8 Å². The molecule has 0 saturated carbocycles. The van der Waals surface area contributed by atoms with Crippen LogP contribution in [0.2, 0.25) is 4.34 Å². The van der Waals surface area contributed by atoms with Gasteiger partial charge in [-0.1, -0.05) is 18.5 Å². The molecular formula is C13H20ClNOS. The number of ether oxygens (including phenoxy) is 1. The molecule has 1 saturated heterocycles. The maximum Gasteiger partial charge on any atom is 0.0960 e. The van der Waals surface area contributed by atoms with Crippen molar-refractivity contribution in [2.75, 3.05) is 6.54 Å². The van der Waals surface area contributed by atoms with E-state index in [1.54, 1.807) is 11.3 Å². The maximum absolute atomic E-state index is 6.16. The summed E-state index contributed by atoms with van der Waals surface area (Å²) >= 11 is 7.83. The predicted molar refractivity (Wildman–Crippen MR) is 74.1 cm³/mol. The standard InChI is InChI=1S/C13H20ClNOS/c1-4-15-12(10-6-5-9(3)16-10)11-7-8(2)13(14)17-11/h7,9-10,12,15H,4-6H2,1-3H3. The van der Waals surface area contributed by atoms with Gasteiger partial charge in [-0.25, -0.2) is 0 Å². The fraction of sp³-hybridized carbons (Fsp3) is 0.692. The molecule has 0 bridgehead atoms. The Bertz CT molecular complexity index is 360. The van der Waals surface area contributed by atoms with Crippen LogP contribution in [0.25, 0.3) is 0 Å². The van der Waals surface area contributed by atoms with Gasteiger partial charge in [0.25, 0.3) is 0 Å². The third-order valence-corrected chi connectivity index (χ3v) is 4.88. The molecule has 0 radical (unpaired) electrons. The molecule has 2 rings (SSSR count). The molecule has 3 atom stereocenters. The first-order chi connectivity index (χ1) is 8.11. The number of likely N-dealkylation sites (N-methyl/N-ethyl adjacent to an activating group) is 1. The first kappa shape index (κ1) is 13.3. The number of nitrogens with one attached hydrogen (secondary N) is 1. The van der Waals surface area contributed by atoms with E-state index in [0.29, 0.717) is 18.2 Å². The van der Waals surface area contributed by atoms with Crippen molar-refractivity contribution in [1.82, 2.24) is 5.32 Å². The van der Waals surface area contributed by atoms with E-state index < -0.39 is 0 Å². The highest BCUT2D eigenvalue weighted by Gasteiger charge is 2.31. The lowest BCUT2D eigenvalue weighted by atomic mass is 10.1. The molecule has 1 aliphatic heterocycles. The second kappa shape index (κ2) is 5.70. The smallest absolute Gasteiger partial charge is 0.0960 e. The molecule has 0 spiro atoms. The minimum atomic E-state index is 0.291. The largest absolute Gasteiger partial charge is 0.373 e. The molecule has 0 aliphatic carbocycles. The van der Waals surface area contributed by atoms with Crippen LogP contribution in [0, 0.1) is 6.92 Å². The summed E-state index contributed by atoms with van der Waals surface area (Å²) in [7, 11) is 0. The summed E-state index contributed by atoms with van der Waals surface area (Å²) in [6.45, 7) is 7.29. The first-order valence-corrected chi connectivity index (χ1v) is 7.46. The number of hydrogen-bond acceptors (Lipinski definition) is 3. The lowest BCUT2D eigenvalue weighted by Crippen LogP contribution is -2.31. The topological polar surface area (TPSA) is 21.3 Å². The van der Waals surface area contributed by atoms with Crippen LogP contribution in [0.1, 0.15) is 43.2 Å². The van der Waals surface area contributed by atoms with Crippen molar-refractivity contribution in [1.29, 1.82) is 0 Å². The second-order valence-corrected chi connectivity index (χ2v) is 6.39. The third kappa shape index (κ3) is 3.02. The number of thiophene rings is 1. The van der Waals surface area contributed by atoms with Gasteiger partial charge in [-0.3, -0.25) is 0 Å². The average Bonchev–Trinajstić information content (AvgIpc) is 2.83. The second-order valence-electron chi connectivity index (χ2n) is 4.70. The highest BCUT2D eigenvalue weighted by atomic mass is 35.5. The SMILES string of the molecule is CCNC(c1cc(C)c(Cl)s1)C1CCC(C)O1. The summed E-state index contributed by atoms with van der Waals surface area (Å²) in [6, 6.07) is 2.48. The highest BCUT2D eigenvalue weighted by molar-refractivity contribution is 7.16. The molecule has 1 aromatic rings. The summed E-state index contributed by atoms with van der Waals surface area (Å²) in [5.41, 5.74) is 1.17. The van der Waals surface area contributed by atoms with Crippen LogP contribution < -0.4 is 5.32 Å². The monoisotopic (exact) mass is 273 g/mol. The molecule has 96 valence electrons. The zero-order valence-electron chi connectivity index (χ0n) is 10.6. The summed E-state index contributed by atoms with van der Waals surface area (Å²) in [5.74, 6) is 0. The van der Waals surface area contributed by atoms with Crippen LogP contribution >= 0.6 is 22.9 Å². The first-order valence-electron chi connectivity index (χ1n) is 6.26. The van der Waals surface area contributed by atoms with Crippen LogP contribution in [-0.4, -0.2) is 18.8 Å². The van der Waals surface area contributed by atoms with E-state index >= 15 is 0 Å². The van der Waals surface area contributed by atoms with Gasteiger partial charge in [0.1, 0.15) is 0 Å². The van der Waals surface area contributed by atoms with Gasteiger partial charge in [-0.15, -0.1) is 11.3 Å². The van der Waals surface area contributed by atoms with Gasteiger partial charge in [-0.05, 0) is 44.9 Å². The Kier molecular flexibility index (Phi) is 4.47. The molecular weight excluding hydrogens is 254 g/mol. The molecule has 3 unspecified atom stereocenters. The minimum Gasteiger partial charge on any atom is -0.373 e. The van der Waals surface area contributed by atoms with Crippen LogP contribution in [0.4, 0.5) is 0 Å². The van der Waals surface area contributed by atoms with Crippen molar-refractivity contribution >= 4 is 22.9 Å². The molecule has 1 aliphatic rings. The van der Waals surface area contributed by atoms with Crippen molar-refractivity contribution in [3.63, 3.8) is 0 Å². The van der Waals surface area contributed by atoms with E-state index in [4.69, 9.17) is 16.3 Å². The van der Waals surface area contributed by atoms with Gasteiger partial charge in [0.2, 0.25) is 0 Å². The van der Waals surface area contributed by atoms with E-state index in [1.807, 2.05) is 0 Å². The van der Waals surface area contributed by atoms with E-state index in [2.05, 4.69) is 32.2 Å². The van der Waals surface area contributed by atoms with Gasteiger partial charge in [0.05, 0.1) is 22.6 Å². The number of rotatable bonds is 4. The Morgan fingerprint density at radius 1 is 1.59 bits per heavy atom. The molecule has 2 nitrogen and oxygen atoms in total. The van der Waals surface area contributed by atoms with Crippen molar-refractivity contribution in [2.24, 2.45) is 0 Å². The molecule has 4 heteroatoms. The molecule has 0 aromatic carbocycles. The summed E-state index contributed by atoms with van der Waals surface area (Å²) in [4.78, 5) is 1.30. The summed E-state index contributed by atoms with van der Waals surface area (Å²) in [5, 5.41) is 3.53. The van der Waals surface area contributed by atoms with Crippen molar-refractivity contribution in [2.45, 2.75) is 51.9 Å². The van der Waals surface area contributed by atoms with Crippen molar-refractivity contribution < 1.29 is 4.74 Å². The molecule has 0 amide bonds. The normalized spacial score (nSPS) is 26.4. The average molecular weight is 274 g/mol. The van der Waals surface area contributed by atoms with Gasteiger partial charge in [0, 0.05) is 4.88 Å². The van der Waals surface area contributed by atoms with Crippen LogP contribution in [0.3, 0.4) is 0 Å². The Morgan fingerprint density at radius 2 is 2.35 bits per heavy atom. The van der Waals surface area contributed by atoms with E-state index in [-0.39, 0.29) is 0 Å². The maximum atomic E-state index is 6.16. The molecule has 1 fully saturated rings. The van der Waals surface area contributed by atoms with Crippen molar-refractivity contribution in [3.8, 4) is 0 Å². The van der Waals surface area contributed by atoms with E-state index in [1.165, 1.54) is 10.4 Å². The molecule has 1 aromatic heterocycles. The Hall–Kier alpha value is -0.0900. The summed E-state index contributed by atoms with van der Waals surface area (Å²) < 4.78 is 6.88.